The summed E-state index contributed by atoms with van der Waals surface area (Å²) < 4.78 is 45.1. The molecule has 1 aromatic carbocycles. The predicted molar refractivity (Wildman–Crippen MR) is 78.5 cm³/mol. The van der Waals surface area contributed by atoms with Crippen molar-refractivity contribution in [3.05, 3.63) is 24.0 Å². The van der Waals surface area contributed by atoms with Crippen LogP contribution < -0.4 is 10.1 Å². The number of sulfonamides is 1. The van der Waals surface area contributed by atoms with Crippen LogP contribution in [-0.4, -0.2) is 45.9 Å². The van der Waals surface area contributed by atoms with E-state index in [1.165, 1.54) is 24.5 Å². The Hall–Kier alpha value is -1.67. The van der Waals surface area contributed by atoms with Gasteiger partial charge in [-0.25, -0.2) is 12.8 Å². The lowest BCUT2D eigenvalue weighted by Gasteiger charge is -2.31. The maximum absolute atomic E-state index is 13.4. The van der Waals surface area contributed by atoms with Gasteiger partial charge in [-0.2, -0.15) is 4.31 Å². The topological polar surface area (TPSA) is 75.7 Å². The molecule has 1 heterocycles. The highest BCUT2D eigenvalue weighted by atomic mass is 32.2. The zero-order valence-corrected chi connectivity index (χ0v) is 13.3. The molecule has 2 rings (SSSR count). The number of ether oxygens (including phenoxy) is 1. The molecule has 0 aromatic heterocycles. The number of carbonyl (C=O) groups is 1. The van der Waals surface area contributed by atoms with Crippen molar-refractivity contribution in [3.63, 3.8) is 0 Å². The molecule has 0 radical (unpaired) electrons. The largest absolute Gasteiger partial charge is 0.495 e. The van der Waals surface area contributed by atoms with Crippen LogP contribution in [0.5, 0.6) is 5.75 Å². The molecule has 1 aliphatic rings. The van der Waals surface area contributed by atoms with E-state index in [4.69, 9.17) is 4.74 Å². The van der Waals surface area contributed by atoms with Crippen LogP contribution in [0.15, 0.2) is 23.1 Å². The van der Waals surface area contributed by atoms with Crippen LogP contribution in [0.3, 0.4) is 0 Å². The Balaban J connectivity index is 2.34. The molecule has 0 saturated carbocycles. The van der Waals surface area contributed by atoms with Crippen LogP contribution >= 0.6 is 0 Å². The molecule has 122 valence electrons. The number of hydrogen-bond donors (Lipinski definition) is 1. The molecule has 1 fully saturated rings. The third-order valence-corrected chi connectivity index (χ3v) is 5.63. The Morgan fingerprint density at radius 1 is 1.45 bits per heavy atom. The molecule has 1 aliphatic heterocycles. The third kappa shape index (κ3) is 3.22. The number of nitrogens with zero attached hydrogens (tertiary/aromatic N) is 1. The molecular formula is C14H19FN2O4S. The Bertz CT molecular complexity index is 663. The number of methoxy groups -OCH3 is 1. The van der Waals surface area contributed by atoms with Crippen molar-refractivity contribution in [1.82, 2.24) is 9.62 Å². The Morgan fingerprint density at radius 2 is 2.18 bits per heavy atom. The van der Waals surface area contributed by atoms with Gasteiger partial charge < -0.3 is 10.1 Å². The van der Waals surface area contributed by atoms with E-state index in [2.05, 4.69) is 5.32 Å². The summed E-state index contributed by atoms with van der Waals surface area (Å²) in [6.07, 6.45) is 1.21. The van der Waals surface area contributed by atoms with E-state index < -0.39 is 21.8 Å². The highest BCUT2D eigenvalue weighted by Gasteiger charge is 2.34. The minimum atomic E-state index is -3.91. The number of benzene rings is 1. The number of halogens is 1. The van der Waals surface area contributed by atoms with Crippen LogP contribution in [0.25, 0.3) is 0 Å². The van der Waals surface area contributed by atoms with Gasteiger partial charge in [0.2, 0.25) is 15.9 Å². The van der Waals surface area contributed by atoms with E-state index in [9.17, 15) is 17.6 Å². The lowest BCUT2D eigenvalue weighted by molar-refractivity contribution is -0.125. The van der Waals surface area contributed by atoms with Gasteiger partial charge >= 0.3 is 0 Å². The van der Waals surface area contributed by atoms with E-state index in [1.807, 2.05) is 0 Å². The summed E-state index contributed by atoms with van der Waals surface area (Å²) in [4.78, 5) is 11.5. The minimum Gasteiger partial charge on any atom is -0.495 e. The zero-order chi connectivity index (χ0) is 16.3. The molecule has 8 heteroatoms. The normalized spacial score (nSPS) is 19.7. The molecule has 0 aliphatic carbocycles. The van der Waals surface area contributed by atoms with Crippen molar-refractivity contribution < 1.29 is 22.3 Å². The first-order valence-corrected chi connectivity index (χ1v) is 8.39. The smallest absolute Gasteiger partial charge is 0.246 e. The van der Waals surface area contributed by atoms with Crippen LogP contribution in [0.4, 0.5) is 4.39 Å². The number of piperidine rings is 1. The number of rotatable bonds is 4. The summed E-state index contributed by atoms with van der Waals surface area (Å²) in [5.41, 5.74) is 0. The second kappa shape index (κ2) is 6.62. The second-order valence-electron chi connectivity index (χ2n) is 5.11. The van der Waals surface area contributed by atoms with Gasteiger partial charge in [-0.1, -0.05) is 0 Å². The number of amides is 1. The first-order chi connectivity index (χ1) is 10.4. The summed E-state index contributed by atoms with van der Waals surface area (Å²) in [6, 6.07) is 3.36. The van der Waals surface area contributed by atoms with Gasteiger partial charge in [0.05, 0.1) is 13.0 Å². The average molecular weight is 330 g/mol. The van der Waals surface area contributed by atoms with E-state index >= 15 is 0 Å². The van der Waals surface area contributed by atoms with Crippen molar-refractivity contribution in [3.8, 4) is 5.75 Å². The van der Waals surface area contributed by atoms with Crippen LogP contribution in [0.1, 0.15) is 12.8 Å². The van der Waals surface area contributed by atoms with Crippen molar-refractivity contribution in [2.24, 2.45) is 5.92 Å². The molecule has 6 nitrogen and oxygen atoms in total. The summed E-state index contributed by atoms with van der Waals surface area (Å²) in [6.45, 7) is 0.386. The fraction of sp³-hybridized carbons (Fsp3) is 0.500. The van der Waals surface area contributed by atoms with Gasteiger partial charge in [0, 0.05) is 20.1 Å². The van der Waals surface area contributed by atoms with E-state index in [1.54, 1.807) is 0 Å². The molecule has 0 bridgehead atoms. The average Bonchev–Trinajstić information content (AvgIpc) is 2.54. The van der Waals surface area contributed by atoms with Gasteiger partial charge in [-0.05, 0) is 31.0 Å². The fourth-order valence-corrected chi connectivity index (χ4v) is 4.26. The molecule has 1 saturated heterocycles. The third-order valence-electron chi connectivity index (χ3n) is 3.74. The maximum Gasteiger partial charge on any atom is 0.246 e. The standard InChI is InChI=1S/C14H19FN2O4S/c1-16-14(18)10-4-3-7-17(9-10)22(19,20)13-8-11(15)5-6-12(13)21-2/h5-6,8,10H,3-4,7,9H2,1-2H3,(H,16,18). The second-order valence-corrected chi connectivity index (χ2v) is 7.02. The van der Waals surface area contributed by atoms with Crippen molar-refractivity contribution >= 4 is 15.9 Å². The van der Waals surface area contributed by atoms with Crippen LogP contribution in [0, 0.1) is 11.7 Å². The molecule has 1 amide bonds. The van der Waals surface area contributed by atoms with Gasteiger partial charge in [0.1, 0.15) is 16.5 Å². The minimum absolute atomic E-state index is 0.0850. The van der Waals surface area contributed by atoms with Gasteiger partial charge in [-0.3, -0.25) is 4.79 Å². The van der Waals surface area contributed by atoms with E-state index in [0.29, 0.717) is 19.4 Å². The van der Waals surface area contributed by atoms with Gasteiger partial charge in [0.15, 0.2) is 0 Å². The highest BCUT2D eigenvalue weighted by Crippen LogP contribution is 2.30. The monoisotopic (exact) mass is 330 g/mol. The van der Waals surface area contributed by atoms with Crippen molar-refractivity contribution in [2.45, 2.75) is 17.7 Å². The number of hydrogen-bond acceptors (Lipinski definition) is 4. The lowest BCUT2D eigenvalue weighted by atomic mass is 9.99. The van der Waals surface area contributed by atoms with Crippen molar-refractivity contribution in [1.29, 1.82) is 0 Å². The van der Waals surface area contributed by atoms with Crippen molar-refractivity contribution in [2.75, 3.05) is 27.2 Å². The SMILES string of the molecule is CNC(=O)C1CCCN(S(=O)(=O)c2cc(F)ccc2OC)C1. The summed E-state index contributed by atoms with van der Waals surface area (Å²) in [5.74, 6) is -1.15. The summed E-state index contributed by atoms with van der Waals surface area (Å²) >= 11 is 0. The molecule has 0 spiro atoms. The lowest BCUT2D eigenvalue weighted by Crippen LogP contribution is -2.44. The molecule has 1 N–H and O–H groups in total. The van der Waals surface area contributed by atoms with E-state index in [-0.39, 0.29) is 23.1 Å². The molecule has 1 aromatic rings. The zero-order valence-electron chi connectivity index (χ0n) is 12.5. The highest BCUT2D eigenvalue weighted by molar-refractivity contribution is 7.89. The van der Waals surface area contributed by atoms with E-state index in [0.717, 1.165) is 12.1 Å². The first kappa shape index (κ1) is 16.7. The van der Waals surface area contributed by atoms with Gasteiger partial charge in [0.25, 0.3) is 0 Å². The summed E-state index contributed by atoms with van der Waals surface area (Å²) in [5, 5.41) is 2.53. The van der Waals surface area contributed by atoms with Gasteiger partial charge in [-0.15, -0.1) is 0 Å². The molecule has 1 atom stereocenters. The maximum atomic E-state index is 13.4. The summed E-state index contributed by atoms with van der Waals surface area (Å²) in [7, 11) is -1.07. The van der Waals surface area contributed by atoms with Crippen LogP contribution in [-0.2, 0) is 14.8 Å². The number of nitrogens with one attached hydrogen (secondary N) is 1. The Morgan fingerprint density at radius 3 is 2.82 bits per heavy atom. The fourth-order valence-electron chi connectivity index (χ4n) is 2.57. The Labute approximate surface area is 129 Å². The predicted octanol–water partition coefficient (Wildman–Crippen LogP) is 0.981. The molecular weight excluding hydrogens is 311 g/mol. The quantitative estimate of drug-likeness (QED) is 0.893. The molecule has 22 heavy (non-hydrogen) atoms. The number of carbonyl (C=O) groups excluding carboxylic acids is 1. The Kier molecular flexibility index (Phi) is 5.02. The molecule has 1 unspecified atom stereocenters. The van der Waals surface area contributed by atoms with Crippen LogP contribution in [0.2, 0.25) is 0 Å². The first-order valence-electron chi connectivity index (χ1n) is 6.95.